The molecule has 1 aliphatic heterocycles. The number of pyridine rings is 1. The van der Waals surface area contributed by atoms with Gasteiger partial charge in [0.2, 0.25) is 0 Å². The highest BCUT2D eigenvalue weighted by Gasteiger charge is 2.23. The predicted octanol–water partition coefficient (Wildman–Crippen LogP) is 5.43. The molecule has 180 valence electrons. The van der Waals surface area contributed by atoms with Gasteiger partial charge < -0.3 is 9.88 Å². The molecule has 7 nitrogen and oxygen atoms in total. The minimum Gasteiger partial charge on any atom is -0.352 e. The Kier molecular flexibility index (Phi) is 7.02. The number of aromatic amines is 1. The van der Waals surface area contributed by atoms with Gasteiger partial charge in [0.15, 0.2) is 5.78 Å². The summed E-state index contributed by atoms with van der Waals surface area (Å²) in [6, 6.07) is 13.3. The molecule has 1 fully saturated rings. The number of rotatable bonds is 9. The van der Waals surface area contributed by atoms with E-state index in [1.807, 2.05) is 53.6 Å². The molecule has 0 aliphatic carbocycles. The van der Waals surface area contributed by atoms with Crippen molar-refractivity contribution in [2.75, 3.05) is 13.1 Å². The van der Waals surface area contributed by atoms with E-state index in [1.54, 1.807) is 23.3 Å². The molecule has 5 rings (SSSR count). The molecule has 0 unspecified atom stereocenters. The van der Waals surface area contributed by atoms with E-state index in [1.165, 1.54) is 6.42 Å². The predicted molar refractivity (Wildman–Crippen MR) is 136 cm³/mol. The molecule has 0 atom stereocenters. The topological polar surface area (TPSA) is 83.9 Å². The van der Waals surface area contributed by atoms with Gasteiger partial charge in [-0.15, -0.1) is 0 Å². The highest BCUT2D eigenvalue weighted by molar-refractivity contribution is 5.99. The quantitative estimate of drug-likeness (QED) is 0.262. The van der Waals surface area contributed by atoms with Crippen molar-refractivity contribution in [3.05, 3.63) is 78.5 Å². The van der Waals surface area contributed by atoms with Crippen LogP contribution < -0.4 is 0 Å². The summed E-state index contributed by atoms with van der Waals surface area (Å²) in [5.74, 6) is 0.950. The van der Waals surface area contributed by atoms with Gasteiger partial charge in [-0.25, -0.2) is 4.68 Å². The summed E-state index contributed by atoms with van der Waals surface area (Å²) in [4.78, 5) is 34.7. The number of H-pyrrole nitrogens is 1. The molecule has 4 aromatic rings. The minimum absolute atomic E-state index is 0.113. The monoisotopic (exact) mass is 469 g/mol. The second-order valence-electron chi connectivity index (χ2n) is 9.40. The number of fused-ring (bicyclic) bond motifs is 1. The smallest absolute Gasteiger partial charge is 0.253 e. The number of ketones is 1. The van der Waals surface area contributed by atoms with E-state index in [2.05, 4.69) is 15.1 Å². The summed E-state index contributed by atoms with van der Waals surface area (Å²) in [6.07, 6.45) is 14.1. The number of aromatic nitrogens is 4. The third-order valence-corrected chi connectivity index (χ3v) is 7.02. The Morgan fingerprint density at radius 2 is 1.83 bits per heavy atom. The maximum atomic E-state index is 12.9. The van der Waals surface area contributed by atoms with Gasteiger partial charge >= 0.3 is 0 Å². The molecule has 3 aromatic heterocycles. The largest absolute Gasteiger partial charge is 0.352 e. The van der Waals surface area contributed by atoms with Crippen molar-refractivity contribution in [2.45, 2.75) is 44.9 Å². The number of likely N-dealkylation sites (tertiary alicyclic amines) is 1. The lowest BCUT2D eigenvalue weighted by Gasteiger charge is -2.32. The molecule has 0 saturated carbocycles. The Hall–Kier alpha value is -3.74. The molecule has 1 saturated heterocycles. The van der Waals surface area contributed by atoms with Crippen molar-refractivity contribution in [1.29, 1.82) is 0 Å². The Morgan fingerprint density at radius 3 is 2.57 bits per heavy atom. The zero-order chi connectivity index (χ0) is 24.0. The van der Waals surface area contributed by atoms with Crippen LogP contribution in [0.2, 0.25) is 0 Å². The molecule has 0 radical (unpaired) electrons. The van der Waals surface area contributed by atoms with Crippen molar-refractivity contribution in [3.8, 4) is 5.69 Å². The van der Waals surface area contributed by atoms with Crippen LogP contribution in [-0.2, 0) is 0 Å². The van der Waals surface area contributed by atoms with Gasteiger partial charge in [-0.3, -0.25) is 14.6 Å². The second kappa shape index (κ2) is 10.7. The maximum Gasteiger partial charge on any atom is 0.253 e. The van der Waals surface area contributed by atoms with Crippen LogP contribution in [-0.4, -0.2) is 49.4 Å². The van der Waals surface area contributed by atoms with Gasteiger partial charge in [-0.2, -0.15) is 5.10 Å². The fourth-order valence-electron chi connectivity index (χ4n) is 4.94. The number of hydrogen-bond donors (Lipinski definition) is 1. The van der Waals surface area contributed by atoms with Gasteiger partial charge in [0.1, 0.15) is 0 Å². The molecule has 4 heterocycles. The van der Waals surface area contributed by atoms with E-state index in [9.17, 15) is 9.59 Å². The fraction of sp³-hybridized carbons (Fsp3) is 0.357. The summed E-state index contributed by atoms with van der Waals surface area (Å²) in [6.45, 7) is 1.64. The zero-order valence-corrected chi connectivity index (χ0v) is 19.9. The van der Waals surface area contributed by atoms with Crippen molar-refractivity contribution in [2.24, 2.45) is 5.92 Å². The number of unbranched alkanes of at least 4 members (excludes halogenated alkanes) is 2. The van der Waals surface area contributed by atoms with E-state index in [4.69, 9.17) is 0 Å². The average molecular weight is 470 g/mol. The molecule has 1 aliphatic rings. The van der Waals surface area contributed by atoms with Crippen LogP contribution >= 0.6 is 0 Å². The molecular weight excluding hydrogens is 438 g/mol. The van der Waals surface area contributed by atoms with Gasteiger partial charge in [0.25, 0.3) is 5.91 Å². The van der Waals surface area contributed by atoms with Crippen LogP contribution in [0.15, 0.2) is 67.3 Å². The molecule has 0 bridgehead atoms. The first-order valence-corrected chi connectivity index (χ1v) is 12.5. The lowest BCUT2D eigenvalue weighted by Crippen LogP contribution is -2.38. The minimum atomic E-state index is 0.113. The Morgan fingerprint density at radius 1 is 1.00 bits per heavy atom. The molecule has 35 heavy (non-hydrogen) atoms. The number of piperidine rings is 1. The van der Waals surface area contributed by atoms with E-state index in [-0.39, 0.29) is 11.7 Å². The van der Waals surface area contributed by atoms with Crippen LogP contribution in [0, 0.1) is 5.92 Å². The van der Waals surface area contributed by atoms with E-state index < -0.39 is 0 Å². The fourth-order valence-corrected chi connectivity index (χ4v) is 4.94. The molecule has 1 aromatic carbocycles. The van der Waals surface area contributed by atoms with Gasteiger partial charge in [0, 0.05) is 60.8 Å². The number of amides is 1. The third-order valence-electron chi connectivity index (χ3n) is 7.02. The van der Waals surface area contributed by atoms with Crippen molar-refractivity contribution >= 4 is 22.6 Å². The number of Topliss-reactive ketones (excluding diaryl/α,β-unsaturated/α-hetero) is 1. The van der Waals surface area contributed by atoms with E-state index >= 15 is 0 Å². The summed E-state index contributed by atoms with van der Waals surface area (Å²) in [5.41, 5.74) is 3.32. The first-order chi connectivity index (χ1) is 17.2. The van der Waals surface area contributed by atoms with Crippen LogP contribution in [0.3, 0.4) is 0 Å². The normalized spacial score (nSPS) is 14.5. The lowest BCUT2D eigenvalue weighted by molar-refractivity contribution is 0.0685. The summed E-state index contributed by atoms with van der Waals surface area (Å²) in [7, 11) is 0. The molecular formula is C28H31N5O2. The highest BCUT2D eigenvalue weighted by atomic mass is 16.2. The maximum absolute atomic E-state index is 12.9. The van der Waals surface area contributed by atoms with E-state index in [0.717, 1.165) is 67.3 Å². The van der Waals surface area contributed by atoms with E-state index in [0.29, 0.717) is 18.0 Å². The lowest BCUT2D eigenvalue weighted by atomic mass is 9.90. The number of carbonyl (C=O) groups is 2. The number of hydrogen-bond acceptors (Lipinski definition) is 4. The standard InChI is InChI=1S/C28H31N5O2/c34-27(26-19-23-20-29-15-11-25(23)31-26)6-3-1-2-5-21-12-17-32(18-13-21)28(35)22-7-9-24(10-8-22)33-16-4-14-30-33/h4,7-11,14-16,19-21,31H,1-3,5-6,12-13,17-18H2. The summed E-state index contributed by atoms with van der Waals surface area (Å²) < 4.78 is 1.79. The van der Waals surface area contributed by atoms with Crippen molar-refractivity contribution in [3.63, 3.8) is 0 Å². The number of nitrogens with zero attached hydrogens (tertiary/aromatic N) is 4. The van der Waals surface area contributed by atoms with Crippen LogP contribution in [0.25, 0.3) is 16.6 Å². The number of nitrogens with one attached hydrogen (secondary N) is 1. The zero-order valence-electron chi connectivity index (χ0n) is 19.9. The molecule has 0 spiro atoms. The Balaban J connectivity index is 1.00. The van der Waals surface area contributed by atoms with Gasteiger partial charge in [0.05, 0.1) is 11.4 Å². The van der Waals surface area contributed by atoms with Gasteiger partial charge in [-0.1, -0.05) is 19.3 Å². The first-order valence-electron chi connectivity index (χ1n) is 12.5. The average Bonchev–Trinajstić information content (AvgIpc) is 3.59. The summed E-state index contributed by atoms with van der Waals surface area (Å²) >= 11 is 0. The Bertz CT molecular complexity index is 1240. The van der Waals surface area contributed by atoms with Crippen LogP contribution in [0.5, 0.6) is 0 Å². The van der Waals surface area contributed by atoms with Crippen molar-refractivity contribution < 1.29 is 9.59 Å². The number of benzene rings is 1. The van der Waals surface area contributed by atoms with Gasteiger partial charge in [-0.05, 0) is 67.6 Å². The Labute approximate surface area is 205 Å². The summed E-state index contributed by atoms with van der Waals surface area (Å²) in [5, 5.41) is 5.21. The van der Waals surface area contributed by atoms with Crippen LogP contribution in [0.1, 0.15) is 65.8 Å². The van der Waals surface area contributed by atoms with Crippen molar-refractivity contribution in [1.82, 2.24) is 24.6 Å². The number of carbonyl (C=O) groups excluding carboxylic acids is 2. The van der Waals surface area contributed by atoms with Crippen LogP contribution in [0.4, 0.5) is 0 Å². The second-order valence-corrected chi connectivity index (χ2v) is 9.40. The highest BCUT2D eigenvalue weighted by Crippen LogP contribution is 2.25. The molecule has 7 heteroatoms. The first kappa shape index (κ1) is 23.0. The molecule has 1 amide bonds. The SMILES string of the molecule is O=C(CCCCCC1CCN(C(=O)c2ccc(-n3cccn3)cc2)CC1)c1cc2cnccc2[nH]1. The third kappa shape index (κ3) is 5.50. The molecule has 1 N–H and O–H groups in total.